The summed E-state index contributed by atoms with van der Waals surface area (Å²) in [4.78, 5) is 16.6. The average molecular weight is 363 g/mol. The lowest BCUT2D eigenvalue weighted by molar-refractivity contribution is -0.115. The predicted molar refractivity (Wildman–Crippen MR) is 96.3 cm³/mol. The van der Waals surface area contributed by atoms with E-state index in [-0.39, 0.29) is 12.3 Å². The highest BCUT2D eigenvalue weighted by molar-refractivity contribution is 7.13. The van der Waals surface area contributed by atoms with Gasteiger partial charge < -0.3 is 5.32 Å². The first kappa shape index (κ1) is 16.0. The van der Waals surface area contributed by atoms with E-state index in [1.807, 2.05) is 35.7 Å². The van der Waals surface area contributed by atoms with Crippen molar-refractivity contribution in [3.63, 3.8) is 0 Å². The summed E-state index contributed by atoms with van der Waals surface area (Å²) >= 11 is 13.3. The van der Waals surface area contributed by atoms with Crippen molar-refractivity contribution < 1.29 is 4.79 Å². The molecule has 0 saturated carbocycles. The summed E-state index contributed by atoms with van der Waals surface area (Å²) < 4.78 is 0. The van der Waals surface area contributed by atoms with Crippen LogP contribution in [-0.2, 0) is 11.2 Å². The lowest BCUT2D eigenvalue weighted by Crippen LogP contribution is -2.14. The monoisotopic (exact) mass is 362 g/mol. The van der Waals surface area contributed by atoms with Gasteiger partial charge in [0.05, 0.1) is 22.2 Å². The maximum absolute atomic E-state index is 12.1. The molecule has 1 amide bonds. The molecule has 1 N–H and O–H groups in total. The highest BCUT2D eigenvalue weighted by Crippen LogP contribution is 2.26. The van der Waals surface area contributed by atoms with E-state index < -0.39 is 0 Å². The van der Waals surface area contributed by atoms with Crippen molar-refractivity contribution in [3.05, 3.63) is 69.7 Å². The molecule has 0 aliphatic rings. The number of anilines is 1. The van der Waals surface area contributed by atoms with Gasteiger partial charge in [0, 0.05) is 16.6 Å². The minimum Gasteiger partial charge on any atom is -0.326 e. The molecule has 1 aromatic heterocycles. The van der Waals surface area contributed by atoms with Gasteiger partial charge in [0.2, 0.25) is 5.91 Å². The standard InChI is InChI=1S/C17H12Cl2N2OS/c18-14-7-6-12(8-15(14)19)20-16(22)9-13-10-23-17(21-13)11-4-2-1-3-5-11/h1-8,10H,9H2,(H,20,22). The second-order valence-electron chi connectivity index (χ2n) is 4.86. The molecule has 0 aliphatic heterocycles. The Kier molecular flexibility index (Phi) is 4.96. The van der Waals surface area contributed by atoms with Gasteiger partial charge in [-0.1, -0.05) is 53.5 Å². The molecular weight excluding hydrogens is 351 g/mol. The summed E-state index contributed by atoms with van der Waals surface area (Å²) in [7, 11) is 0. The first-order valence-electron chi connectivity index (χ1n) is 6.86. The Hall–Kier alpha value is -1.88. The van der Waals surface area contributed by atoms with Gasteiger partial charge in [0.25, 0.3) is 0 Å². The number of thiazole rings is 1. The molecule has 0 bridgehead atoms. The number of nitrogens with zero attached hydrogens (tertiary/aromatic N) is 1. The van der Waals surface area contributed by atoms with Gasteiger partial charge in [-0.2, -0.15) is 0 Å². The maximum Gasteiger partial charge on any atom is 0.230 e. The van der Waals surface area contributed by atoms with E-state index in [1.54, 1.807) is 18.2 Å². The molecule has 2 aromatic carbocycles. The summed E-state index contributed by atoms with van der Waals surface area (Å²) in [6.45, 7) is 0. The third kappa shape index (κ3) is 4.10. The fourth-order valence-corrected chi connectivity index (χ4v) is 3.17. The van der Waals surface area contributed by atoms with Crippen LogP contribution in [0.2, 0.25) is 10.0 Å². The lowest BCUT2D eigenvalue weighted by Gasteiger charge is -2.05. The number of rotatable bonds is 4. The molecule has 0 atom stereocenters. The number of aromatic nitrogens is 1. The highest BCUT2D eigenvalue weighted by atomic mass is 35.5. The zero-order valence-electron chi connectivity index (χ0n) is 11.9. The van der Waals surface area contributed by atoms with Crippen LogP contribution in [-0.4, -0.2) is 10.9 Å². The van der Waals surface area contributed by atoms with Crippen LogP contribution in [0.1, 0.15) is 5.69 Å². The fourth-order valence-electron chi connectivity index (χ4n) is 2.05. The van der Waals surface area contributed by atoms with Gasteiger partial charge in [-0.05, 0) is 18.2 Å². The number of hydrogen-bond donors (Lipinski definition) is 1. The van der Waals surface area contributed by atoms with Crippen molar-refractivity contribution in [1.29, 1.82) is 0 Å². The number of hydrogen-bond acceptors (Lipinski definition) is 3. The highest BCUT2D eigenvalue weighted by Gasteiger charge is 2.10. The first-order chi connectivity index (χ1) is 11.1. The number of nitrogens with one attached hydrogen (secondary N) is 1. The van der Waals surface area contributed by atoms with Crippen LogP contribution in [0, 0.1) is 0 Å². The fraction of sp³-hybridized carbons (Fsp3) is 0.0588. The van der Waals surface area contributed by atoms with Crippen LogP contribution in [0.3, 0.4) is 0 Å². The molecule has 0 spiro atoms. The van der Waals surface area contributed by atoms with Gasteiger partial charge in [-0.25, -0.2) is 4.98 Å². The molecule has 0 aliphatic carbocycles. The average Bonchev–Trinajstić information content (AvgIpc) is 3.00. The predicted octanol–water partition coefficient (Wildman–Crippen LogP) is 5.30. The van der Waals surface area contributed by atoms with E-state index in [2.05, 4.69) is 10.3 Å². The molecule has 3 rings (SSSR count). The Balaban J connectivity index is 1.66. The van der Waals surface area contributed by atoms with Crippen molar-refractivity contribution in [2.75, 3.05) is 5.32 Å². The summed E-state index contributed by atoms with van der Waals surface area (Å²) in [6.07, 6.45) is 0.212. The molecular formula is C17H12Cl2N2OS. The first-order valence-corrected chi connectivity index (χ1v) is 8.50. The summed E-state index contributed by atoms with van der Waals surface area (Å²) in [6, 6.07) is 14.9. The Labute approximate surface area is 147 Å². The van der Waals surface area contributed by atoms with Gasteiger partial charge >= 0.3 is 0 Å². The summed E-state index contributed by atoms with van der Waals surface area (Å²) in [5.41, 5.74) is 2.41. The minimum absolute atomic E-state index is 0.145. The van der Waals surface area contributed by atoms with Gasteiger partial charge in [-0.3, -0.25) is 4.79 Å². The topological polar surface area (TPSA) is 42.0 Å². The Bertz CT molecular complexity index is 834. The zero-order valence-corrected chi connectivity index (χ0v) is 14.3. The third-order valence-corrected chi connectivity index (χ3v) is 4.80. The Morgan fingerprint density at radius 1 is 1.09 bits per heavy atom. The number of carbonyl (C=O) groups excluding carboxylic acids is 1. The van der Waals surface area contributed by atoms with Crippen LogP contribution in [0.15, 0.2) is 53.9 Å². The number of carbonyl (C=O) groups is 1. The quantitative estimate of drug-likeness (QED) is 0.684. The van der Waals surface area contributed by atoms with Crippen molar-refractivity contribution in [3.8, 4) is 10.6 Å². The van der Waals surface area contributed by atoms with Crippen molar-refractivity contribution in [2.45, 2.75) is 6.42 Å². The number of benzene rings is 2. The van der Waals surface area contributed by atoms with Crippen LogP contribution in [0.5, 0.6) is 0 Å². The van der Waals surface area contributed by atoms with E-state index in [4.69, 9.17) is 23.2 Å². The van der Waals surface area contributed by atoms with Crippen LogP contribution >= 0.6 is 34.5 Å². The second-order valence-corrected chi connectivity index (χ2v) is 6.54. The molecule has 3 nitrogen and oxygen atoms in total. The minimum atomic E-state index is -0.145. The van der Waals surface area contributed by atoms with Crippen LogP contribution in [0.25, 0.3) is 10.6 Å². The van der Waals surface area contributed by atoms with E-state index in [9.17, 15) is 4.79 Å². The molecule has 0 fully saturated rings. The van der Waals surface area contributed by atoms with Gasteiger partial charge in [0.1, 0.15) is 5.01 Å². The van der Waals surface area contributed by atoms with E-state index in [0.717, 1.165) is 16.3 Å². The van der Waals surface area contributed by atoms with E-state index in [1.165, 1.54) is 11.3 Å². The molecule has 116 valence electrons. The lowest BCUT2D eigenvalue weighted by atomic mass is 10.2. The molecule has 0 saturated heterocycles. The molecule has 1 heterocycles. The largest absolute Gasteiger partial charge is 0.326 e. The summed E-state index contributed by atoms with van der Waals surface area (Å²) in [5, 5.41) is 6.46. The van der Waals surface area contributed by atoms with E-state index in [0.29, 0.717) is 15.7 Å². The van der Waals surface area contributed by atoms with E-state index >= 15 is 0 Å². The number of amides is 1. The Morgan fingerprint density at radius 2 is 1.87 bits per heavy atom. The van der Waals surface area contributed by atoms with Crippen LogP contribution in [0.4, 0.5) is 5.69 Å². The molecule has 0 unspecified atom stereocenters. The third-order valence-electron chi connectivity index (χ3n) is 3.12. The summed E-state index contributed by atoms with van der Waals surface area (Å²) in [5.74, 6) is -0.145. The molecule has 3 aromatic rings. The zero-order chi connectivity index (χ0) is 16.2. The normalized spacial score (nSPS) is 10.5. The van der Waals surface area contributed by atoms with Crippen LogP contribution < -0.4 is 5.32 Å². The maximum atomic E-state index is 12.1. The van der Waals surface area contributed by atoms with Crippen molar-refractivity contribution in [1.82, 2.24) is 4.98 Å². The smallest absolute Gasteiger partial charge is 0.230 e. The van der Waals surface area contributed by atoms with Crippen molar-refractivity contribution >= 4 is 46.1 Å². The molecule has 6 heteroatoms. The van der Waals surface area contributed by atoms with Gasteiger partial charge in [0.15, 0.2) is 0 Å². The SMILES string of the molecule is O=C(Cc1csc(-c2ccccc2)n1)Nc1ccc(Cl)c(Cl)c1. The molecule has 0 radical (unpaired) electrons. The molecule has 23 heavy (non-hydrogen) atoms. The van der Waals surface area contributed by atoms with Gasteiger partial charge in [-0.15, -0.1) is 11.3 Å². The Morgan fingerprint density at radius 3 is 2.61 bits per heavy atom. The second kappa shape index (κ2) is 7.13. The van der Waals surface area contributed by atoms with Crippen molar-refractivity contribution in [2.24, 2.45) is 0 Å². The number of halogens is 2.